The highest BCUT2D eigenvalue weighted by Crippen LogP contribution is 2.47. The molecule has 1 fully saturated rings. The second-order valence-corrected chi connectivity index (χ2v) is 6.75. The summed E-state index contributed by atoms with van der Waals surface area (Å²) in [7, 11) is 0. The fourth-order valence-electron chi connectivity index (χ4n) is 3.38. The van der Waals surface area contributed by atoms with Crippen LogP contribution in [-0.4, -0.2) is 11.1 Å². The Bertz CT molecular complexity index is 488. The molecule has 1 aromatic rings. The van der Waals surface area contributed by atoms with E-state index in [2.05, 4.69) is 45.9 Å². The van der Waals surface area contributed by atoms with E-state index in [-0.39, 0.29) is 17.3 Å². The second kappa shape index (κ2) is 4.99. The van der Waals surface area contributed by atoms with Gasteiger partial charge in [-0.3, -0.25) is 4.79 Å². The first-order chi connectivity index (χ1) is 8.82. The minimum absolute atomic E-state index is 0.154. The molecule has 1 N–H and O–H groups in total. The van der Waals surface area contributed by atoms with E-state index in [4.69, 9.17) is 0 Å². The lowest BCUT2D eigenvalue weighted by Gasteiger charge is -2.40. The maximum atomic E-state index is 11.5. The summed E-state index contributed by atoms with van der Waals surface area (Å²) in [4.78, 5) is 11.5. The van der Waals surface area contributed by atoms with Crippen molar-refractivity contribution in [1.29, 1.82) is 0 Å². The second-order valence-electron chi connectivity index (χ2n) is 6.75. The van der Waals surface area contributed by atoms with Crippen LogP contribution in [0.3, 0.4) is 0 Å². The van der Waals surface area contributed by atoms with E-state index in [0.29, 0.717) is 0 Å². The zero-order valence-corrected chi connectivity index (χ0v) is 12.4. The summed E-state index contributed by atoms with van der Waals surface area (Å²) in [5.74, 6) is -0.712. The van der Waals surface area contributed by atoms with E-state index in [1.165, 1.54) is 16.7 Å². The lowest BCUT2D eigenvalue weighted by molar-refractivity contribution is -0.144. The summed E-state index contributed by atoms with van der Waals surface area (Å²) < 4.78 is 0. The number of hydrogen-bond acceptors (Lipinski definition) is 1. The molecule has 1 aliphatic rings. The van der Waals surface area contributed by atoms with E-state index in [1.807, 2.05) is 0 Å². The largest absolute Gasteiger partial charge is 0.481 e. The van der Waals surface area contributed by atoms with Crippen molar-refractivity contribution >= 4 is 5.97 Å². The molecule has 0 amide bonds. The lowest BCUT2D eigenvalue weighted by atomic mass is 9.64. The summed E-state index contributed by atoms with van der Waals surface area (Å²) >= 11 is 0. The minimum atomic E-state index is -0.638. The molecule has 0 heterocycles. The molecular formula is C17H24O2. The number of carbonyl (C=O) groups is 1. The van der Waals surface area contributed by atoms with Gasteiger partial charge in [0.05, 0.1) is 5.92 Å². The predicted molar refractivity (Wildman–Crippen MR) is 77.4 cm³/mol. The van der Waals surface area contributed by atoms with Gasteiger partial charge in [-0.1, -0.05) is 32.0 Å². The minimum Gasteiger partial charge on any atom is -0.481 e. The molecule has 1 saturated carbocycles. The first kappa shape index (κ1) is 14.1. The Morgan fingerprint density at radius 3 is 2.63 bits per heavy atom. The van der Waals surface area contributed by atoms with Crippen molar-refractivity contribution in [3.63, 3.8) is 0 Å². The van der Waals surface area contributed by atoms with Gasteiger partial charge in [-0.15, -0.1) is 0 Å². The van der Waals surface area contributed by atoms with E-state index >= 15 is 0 Å². The highest BCUT2D eigenvalue weighted by atomic mass is 16.4. The smallest absolute Gasteiger partial charge is 0.307 e. The van der Waals surface area contributed by atoms with Crippen LogP contribution >= 0.6 is 0 Å². The standard InChI is InChI=1S/C17H24O2/c1-11-6-5-7-13(12(11)2)15-10-17(3,4)9-8-14(15)16(18)19/h5-7,14-15H,8-10H2,1-4H3,(H,18,19). The Morgan fingerprint density at radius 2 is 2.00 bits per heavy atom. The molecule has 104 valence electrons. The first-order valence-electron chi connectivity index (χ1n) is 7.11. The number of aliphatic carboxylic acids is 1. The van der Waals surface area contributed by atoms with Crippen LogP contribution in [-0.2, 0) is 4.79 Å². The van der Waals surface area contributed by atoms with Gasteiger partial charge in [0, 0.05) is 0 Å². The van der Waals surface area contributed by atoms with Crippen LogP contribution in [0.25, 0.3) is 0 Å². The van der Waals surface area contributed by atoms with Crippen LogP contribution in [0, 0.1) is 25.2 Å². The van der Waals surface area contributed by atoms with Gasteiger partial charge < -0.3 is 5.11 Å². The van der Waals surface area contributed by atoms with Crippen LogP contribution in [0.1, 0.15) is 55.7 Å². The molecule has 2 heteroatoms. The normalized spacial score (nSPS) is 26.1. The third-order valence-electron chi connectivity index (χ3n) is 4.75. The molecular weight excluding hydrogens is 236 g/mol. The third kappa shape index (κ3) is 2.83. The number of rotatable bonds is 2. The lowest BCUT2D eigenvalue weighted by Crippen LogP contribution is -2.33. The number of carboxylic acid groups (broad SMARTS) is 1. The predicted octanol–water partition coefficient (Wildman–Crippen LogP) is 4.30. The van der Waals surface area contributed by atoms with Crippen LogP contribution in [0.4, 0.5) is 0 Å². The van der Waals surface area contributed by atoms with Crippen LogP contribution in [0.2, 0.25) is 0 Å². The van der Waals surface area contributed by atoms with Crippen molar-refractivity contribution in [3.05, 3.63) is 34.9 Å². The fourth-order valence-corrected chi connectivity index (χ4v) is 3.38. The topological polar surface area (TPSA) is 37.3 Å². The van der Waals surface area contributed by atoms with Crippen LogP contribution < -0.4 is 0 Å². The summed E-state index contributed by atoms with van der Waals surface area (Å²) in [6.45, 7) is 8.72. The SMILES string of the molecule is Cc1cccc(C2CC(C)(C)CCC2C(=O)O)c1C. The number of carboxylic acids is 1. The van der Waals surface area contributed by atoms with Crippen molar-refractivity contribution in [2.45, 2.75) is 52.9 Å². The van der Waals surface area contributed by atoms with Gasteiger partial charge in [0.25, 0.3) is 0 Å². The highest BCUT2D eigenvalue weighted by molar-refractivity contribution is 5.71. The van der Waals surface area contributed by atoms with Crippen LogP contribution in [0.15, 0.2) is 18.2 Å². The number of benzene rings is 1. The molecule has 0 spiro atoms. The quantitative estimate of drug-likeness (QED) is 0.861. The average Bonchev–Trinajstić information content (AvgIpc) is 2.31. The zero-order valence-electron chi connectivity index (χ0n) is 12.4. The molecule has 2 nitrogen and oxygen atoms in total. The molecule has 19 heavy (non-hydrogen) atoms. The van der Waals surface area contributed by atoms with Gasteiger partial charge in [-0.25, -0.2) is 0 Å². The van der Waals surface area contributed by atoms with Gasteiger partial charge in [0.2, 0.25) is 0 Å². The zero-order chi connectivity index (χ0) is 14.2. The fraction of sp³-hybridized carbons (Fsp3) is 0.588. The van der Waals surface area contributed by atoms with Gasteiger partial charge in [0.15, 0.2) is 0 Å². The Balaban J connectivity index is 2.42. The van der Waals surface area contributed by atoms with Gasteiger partial charge in [-0.05, 0) is 61.1 Å². The maximum absolute atomic E-state index is 11.5. The van der Waals surface area contributed by atoms with Crippen molar-refractivity contribution in [2.24, 2.45) is 11.3 Å². The average molecular weight is 260 g/mol. The monoisotopic (exact) mass is 260 g/mol. The van der Waals surface area contributed by atoms with Gasteiger partial charge in [-0.2, -0.15) is 0 Å². The Kier molecular flexibility index (Phi) is 3.71. The summed E-state index contributed by atoms with van der Waals surface area (Å²) in [5.41, 5.74) is 3.99. The summed E-state index contributed by atoms with van der Waals surface area (Å²) in [6, 6.07) is 6.27. The molecule has 1 aromatic carbocycles. The van der Waals surface area contributed by atoms with Gasteiger partial charge in [0.1, 0.15) is 0 Å². The molecule has 0 saturated heterocycles. The molecule has 1 aliphatic carbocycles. The van der Waals surface area contributed by atoms with Crippen LogP contribution in [0.5, 0.6) is 0 Å². The summed E-state index contributed by atoms with van der Waals surface area (Å²) in [5, 5.41) is 9.50. The molecule has 2 unspecified atom stereocenters. The molecule has 0 bridgehead atoms. The highest BCUT2D eigenvalue weighted by Gasteiger charge is 2.39. The van der Waals surface area contributed by atoms with E-state index in [9.17, 15) is 9.90 Å². The van der Waals surface area contributed by atoms with E-state index in [0.717, 1.165) is 19.3 Å². The van der Waals surface area contributed by atoms with Crippen molar-refractivity contribution < 1.29 is 9.90 Å². The molecule has 2 atom stereocenters. The number of hydrogen-bond donors (Lipinski definition) is 1. The van der Waals surface area contributed by atoms with Crippen molar-refractivity contribution in [2.75, 3.05) is 0 Å². The van der Waals surface area contributed by atoms with Crippen molar-refractivity contribution in [1.82, 2.24) is 0 Å². The van der Waals surface area contributed by atoms with E-state index < -0.39 is 5.97 Å². The first-order valence-corrected chi connectivity index (χ1v) is 7.11. The molecule has 0 aliphatic heterocycles. The molecule has 0 radical (unpaired) electrons. The maximum Gasteiger partial charge on any atom is 0.307 e. The third-order valence-corrected chi connectivity index (χ3v) is 4.75. The Labute approximate surface area is 115 Å². The van der Waals surface area contributed by atoms with Crippen molar-refractivity contribution in [3.8, 4) is 0 Å². The van der Waals surface area contributed by atoms with Gasteiger partial charge >= 0.3 is 5.97 Å². The Morgan fingerprint density at radius 1 is 1.32 bits per heavy atom. The van der Waals surface area contributed by atoms with E-state index in [1.54, 1.807) is 0 Å². The molecule has 0 aromatic heterocycles. The Hall–Kier alpha value is -1.31. The molecule has 2 rings (SSSR count). The summed E-state index contributed by atoms with van der Waals surface area (Å²) in [6.07, 6.45) is 2.76. The number of aryl methyl sites for hydroxylation is 1.